The number of aliphatic imine (C=N–C) groups is 1. The lowest BCUT2D eigenvalue weighted by Gasteiger charge is -2.33. The van der Waals surface area contributed by atoms with Gasteiger partial charge in [0.25, 0.3) is 0 Å². The van der Waals surface area contributed by atoms with Crippen LogP contribution in [0.2, 0.25) is 0 Å². The normalized spacial score (nSPS) is 17.2. The SMILES string of the molecule is CN=C(/C=C(/C)N)NC1CCN(C(=O)CCNCC(=O)O)CC1. The summed E-state index contributed by atoms with van der Waals surface area (Å²) in [5.41, 5.74) is 6.35. The molecule has 1 aliphatic rings. The zero-order valence-electron chi connectivity index (χ0n) is 13.8. The van der Waals surface area contributed by atoms with E-state index in [2.05, 4.69) is 15.6 Å². The van der Waals surface area contributed by atoms with Crippen molar-refractivity contribution in [3.63, 3.8) is 0 Å². The van der Waals surface area contributed by atoms with Gasteiger partial charge in [-0.15, -0.1) is 0 Å². The second-order valence-electron chi connectivity index (χ2n) is 5.62. The van der Waals surface area contributed by atoms with E-state index >= 15 is 0 Å². The van der Waals surface area contributed by atoms with Crippen molar-refractivity contribution < 1.29 is 14.7 Å². The number of hydrogen-bond acceptors (Lipinski definition) is 5. The van der Waals surface area contributed by atoms with E-state index in [1.807, 2.05) is 11.8 Å². The Morgan fingerprint density at radius 1 is 1.39 bits per heavy atom. The van der Waals surface area contributed by atoms with Crippen molar-refractivity contribution in [1.82, 2.24) is 15.5 Å². The van der Waals surface area contributed by atoms with E-state index in [1.54, 1.807) is 13.1 Å². The molecule has 0 saturated carbocycles. The van der Waals surface area contributed by atoms with Gasteiger partial charge in [-0.1, -0.05) is 0 Å². The van der Waals surface area contributed by atoms with Gasteiger partial charge in [-0.3, -0.25) is 14.6 Å². The second-order valence-corrected chi connectivity index (χ2v) is 5.62. The summed E-state index contributed by atoms with van der Waals surface area (Å²) in [6.07, 6.45) is 3.82. The fourth-order valence-corrected chi connectivity index (χ4v) is 2.42. The maximum absolute atomic E-state index is 12.0. The average molecular weight is 325 g/mol. The number of carbonyl (C=O) groups excluding carboxylic acids is 1. The molecule has 23 heavy (non-hydrogen) atoms. The number of carboxylic acids is 1. The van der Waals surface area contributed by atoms with E-state index in [1.165, 1.54) is 0 Å². The molecule has 1 saturated heterocycles. The topological polar surface area (TPSA) is 120 Å². The minimum Gasteiger partial charge on any atom is -0.480 e. The fraction of sp³-hybridized carbons (Fsp3) is 0.667. The number of hydrogen-bond donors (Lipinski definition) is 4. The van der Waals surface area contributed by atoms with Crippen LogP contribution in [0.5, 0.6) is 0 Å². The van der Waals surface area contributed by atoms with Crippen LogP contribution in [0.3, 0.4) is 0 Å². The number of nitrogens with two attached hydrogens (primary N) is 1. The van der Waals surface area contributed by atoms with Crippen molar-refractivity contribution in [3.05, 3.63) is 11.8 Å². The van der Waals surface area contributed by atoms with E-state index in [9.17, 15) is 9.59 Å². The minimum atomic E-state index is -0.917. The molecule has 5 N–H and O–H groups in total. The number of nitrogens with one attached hydrogen (secondary N) is 2. The molecule has 1 aliphatic heterocycles. The third-order valence-electron chi connectivity index (χ3n) is 3.60. The quantitative estimate of drug-likeness (QED) is 0.285. The summed E-state index contributed by atoms with van der Waals surface area (Å²) in [5, 5.41) is 14.6. The van der Waals surface area contributed by atoms with Gasteiger partial charge in [0, 0.05) is 44.8 Å². The summed E-state index contributed by atoms with van der Waals surface area (Å²) in [6, 6.07) is 0.276. The van der Waals surface area contributed by atoms with Crippen LogP contribution >= 0.6 is 0 Å². The van der Waals surface area contributed by atoms with E-state index in [-0.39, 0.29) is 18.5 Å². The first-order valence-corrected chi connectivity index (χ1v) is 7.79. The van der Waals surface area contributed by atoms with Gasteiger partial charge in [0.2, 0.25) is 5.91 Å². The summed E-state index contributed by atoms with van der Waals surface area (Å²) < 4.78 is 0. The molecule has 1 fully saturated rings. The van der Waals surface area contributed by atoms with E-state index < -0.39 is 5.97 Å². The standard InChI is InChI=1S/C15H27N5O3/c1-11(16)9-13(17-2)19-12-4-7-20(8-5-12)14(21)3-6-18-10-15(22)23/h9,12,18H,3-8,10,16H2,1-2H3,(H,17,19)(H,22,23)/b11-9-. The first-order valence-electron chi connectivity index (χ1n) is 7.79. The summed E-state index contributed by atoms with van der Waals surface area (Å²) in [5.74, 6) is -0.101. The predicted molar refractivity (Wildman–Crippen MR) is 89.2 cm³/mol. The van der Waals surface area contributed by atoms with Gasteiger partial charge in [0.05, 0.1) is 6.54 Å². The number of piperidine rings is 1. The smallest absolute Gasteiger partial charge is 0.317 e. The van der Waals surface area contributed by atoms with Crippen molar-refractivity contribution >= 4 is 17.7 Å². The van der Waals surface area contributed by atoms with Crippen LogP contribution < -0.4 is 16.4 Å². The lowest BCUT2D eigenvalue weighted by atomic mass is 10.0. The van der Waals surface area contributed by atoms with Crippen LogP contribution in [0.1, 0.15) is 26.2 Å². The molecule has 0 radical (unpaired) electrons. The molecule has 0 spiro atoms. The molecule has 0 aliphatic carbocycles. The zero-order chi connectivity index (χ0) is 17.2. The highest BCUT2D eigenvalue weighted by Gasteiger charge is 2.22. The number of carboxylic acid groups (broad SMARTS) is 1. The molecule has 0 bridgehead atoms. The molecule has 130 valence electrons. The summed E-state index contributed by atoms with van der Waals surface area (Å²) in [4.78, 5) is 28.4. The lowest BCUT2D eigenvalue weighted by molar-refractivity contribution is -0.136. The highest BCUT2D eigenvalue weighted by Crippen LogP contribution is 2.11. The molecule has 0 aromatic carbocycles. The lowest BCUT2D eigenvalue weighted by Crippen LogP contribution is -2.46. The first-order chi connectivity index (χ1) is 10.9. The summed E-state index contributed by atoms with van der Waals surface area (Å²) in [6.45, 7) is 3.46. The van der Waals surface area contributed by atoms with Gasteiger partial charge >= 0.3 is 5.97 Å². The molecule has 1 rings (SSSR count). The Balaban J connectivity index is 2.30. The molecule has 1 amide bonds. The first kappa shape index (κ1) is 19.0. The predicted octanol–water partition coefficient (Wildman–Crippen LogP) is -0.478. The largest absolute Gasteiger partial charge is 0.480 e. The molecular weight excluding hydrogens is 298 g/mol. The fourth-order valence-electron chi connectivity index (χ4n) is 2.42. The maximum Gasteiger partial charge on any atom is 0.317 e. The van der Waals surface area contributed by atoms with Gasteiger partial charge in [-0.05, 0) is 25.8 Å². The molecule has 1 heterocycles. The Bertz CT molecular complexity index is 464. The molecule has 8 heteroatoms. The molecule has 0 unspecified atom stereocenters. The average Bonchev–Trinajstić information content (AvgIpc) is 2.50. The van der Waals surface area contributed by atoms with E-state index in [0.29, 0.717) is 31.8 Å². The highest BCUT2D eigenvalue weighted by molar-refractivity contribution is 5.93. The Hall–Kier alpha value is -2.09. The van der Waals surface area contributed by atoms with Gasteiger partial charge in [-0.2, -0.15) is 0 Å². The van der Waals surface area contributed by atoms with Crippen LogP contribution in [0.4, 0.5) is 0 Å². The summed E-state index contributed by atoms with van der Waals surface area (Å²) >= 11 is 0. The Morgan fingerprint density at radius 2 is 2.04 bits per heavy atom. The number of allylic oxidation sites excluding steroid dienone is 1. The van der Waals surface area contributed by atoms with Crippen molar-refractivity contribution in [2.45, 2.75) is 32.2 Å². The third-order valence-corrected chi connectivity index (χ3v) is 3.60. The minimum absolute atomic E-state index is 0.0587. The third kappa shape index (κ3) is 7.64. The maximum atomic E-state index is 12.0. The number of aliphatic carboxylic acids is 1. The van der Waals surface area contributed by atoms with Crippen molar-refractivity contribution in [2.24, 2.45) is 10.7 Å². The monoisotopic (exact) mass is 325 g/mol. The van der Waals surface area contributed by atoms with Crippen molar-refractivity contribution in [3.8, 4) is 0 Å². The van der Waals surface area contributed by atoms with Crippen LogP contribution in [0.15, 0.2) is 16.8 Å². The Morgan fingerprint density at radius 3 is 2.57 bits per heavy atom. The van der Waals surface area contributed by atoms with Crippen LogP contribution in [-0.4, -0.2) is 67.0 Å². The molecule has 8 nitrogen and oxygen atoms in total. The number of amides is 1. The number of amidine groups is 1. The van der Waals surface area contributed by atoms with Gasteiger partial charge < -0.3 is 26.4 Å². The number of rotatable bonds is 7. The number of likely N-dealkylation sites (tertiary alicyclic amines) is 1. The van der Waals surface area contributed by atoms with E-state index in [0.717, 1.165) is 18.7 Å². The van der Waals surface area contributed by atoms with Gasteiger partial charge in [-0.25, -0.2) is 0 Å². The molecular formula is C15H27N5O3. The van der Waals surface area contributed by atoms with Gasteiger partial charge in [0.15, 0.2) is 0 Å². The Labute approximate surface area is 136 Å². The highest BCUT2D eigenvalue weighted by atomic mass is 16.4. The van der Waals surface area contributed by atoms with Crippen LogP contribution in [0, 0.1) is 0 Å². The van der Waals surface area contributed by atoms with Crippen LogP contribution in [-0.2, 0) is 9.59 Å². The second kappa shape index (κ2) is 9.83. The number of carbonyl (C=O) groups is 2. The number of nitrogens with zero attached hydrogens (tertiary/aromatic N) is 2. The zero-order valence-corrected chi connectivity index (χ0v) is 13.8. The van der Waals surface area contributed by atoms with E-state index in [4.69, 9.17) is 10.8 Å². The Kier molecular flexibility index (Phi) is 8.10. The molecule has 0 aromatic heterocycles. The van der Waals surface area contributed by atoms with Crippen molar-refractivity contribution in [1.29, 1.82) is 0 Å². The van der Waals surface area contributed by atoms with Crippen LogP contribution in [0.25, 0.3) is 0 Å². The molecule has 0 atom stereocenters. The van der Waals surface area contributed by atoms with Gasteiger partial charge in [0.1, 0.15) is 5.84 Å². The molecule has 0 aromatic rings. The summed E-state index contributed by atoms with van der Waals surface area (Å²) in [7, 11) is 1.71. The van der Waals surface area contributed by atoms with Crippen molar-refractivity contribution in [2.75, 3.05) is 33.2 Å².